The smallest absolute Gasteiger partial charge is 0.0241 e. The van der Waals surface area contributed by atoms with Gasteiger partial charge in [0.25, 0.3) is 0 Å². The van der Waals surface area contributed by atoms with Gasteiger partial charge in [0.05, 0.1) is 0 Å². The third-order valence-corrected chi connectivity index (χ3v) is 4.37. The second-order valence-electron chi connectivity index (χ2n) is 6.72. The molecule has 1 radical (unpaired) electrons. The molecule has 0 aromatic rings. The van der Waals surface area contributed by atoms with Crippen LogP contribution in [0.4, 0.5) is 0 Å². The molecule has 0 bridgehead atoms. The van der Waals surface area contributed by atoms with Crippen LogP contribution < -0.4 is 0 Å². The minimum Gasteiger partial charge on any atom is -0.0628 e. The molecule has 1 rings (SSSR count). The molecule has 0 aromatic heterocycles. The molecule has 1 fully saturated rings. The molecule has 0 unspecified atom stereocenters. The summed E-state index contributed by atoms with van der Waals surface area (Å²) in [5, 5.41) is 0. The van der Waals surface area contributed by atoms with Crippen molar-refractivity contribution in [2.45, 2.75) is 104 Å². The van der Waals surface area contributed by atoms with Gasteiger partial charge in [0, 0.05) is 0 Å². The third kappa shape index (κ3) is 9.00. The summed E-state index contributed by atoms with van der Waals surface area (Å²) < 4.78 is 0. The van der Waals surface area contributed by atoms with Gasteiger partial charge in [0.15, 0.2) is 0 Å². The summed E-state index contributed by atoms with van der Waals surface area (Å²) in [6.45, 7) is 4.69. The van der Waals surface area contributed by atoms with Gasteiger partial charge >= 0.3 is 0 Å². The van der Waals surface area contributed by atoms with Gasteiger partial charge in [-0.15, -0.1) is 0 Å². The molecule has 0 spiro atoms. The molecule has 0 N–H and O–H groups in total. The lowest BCUT2D eigenvalue weighted by atomic mass is 9.88. The number of hydrogen-bond donors (Lipinski definition) is 0. The van der Waals surface area contributed by atoms with Crippen LogP contribution in [0.2, 0.25) is 0 Å². The monoisotopic (exact) mass is 251 g/mol. The molecule has 18 heavy (non-hydrogen) atoms. The molecular weight excluding hydrogens is 216 g/mol. The van der Waals surface area contributed by atoms with E-state index in [4.69, 9.17) is 0 Å². The van der Waals surface area contributed by atoms with Crippen LogP contribution in [0.1, 0.15) is 104 Å². The van der Waals surface area contributed by atoms with E-state index in [0.29, 0.717) is 0 Å². The van der Waals surface area contributed by atoms with Crippen LogP contribution in [-0.4, -0.2) is 0 Å². The summed E-state index contributed by atoms with van der Waals surface area (Å²) in [5.74, 6) is 2.80. The summed E-state index contributed by atoms with van der Waals surface area (Å²) in [6.07, 6.45) is 20.5. The molecule has 0 amide bonds. The molecule has 0 nitrogen and oxygen atoms in total. The Hall–Kier alpha value is 0. The van der Waals surface area contributed by atoms with Gasteiger partial charge in [-0.1, -0.05) is 84.5 Å². The van der Waals surface area contributed by atoms with Crippen molar-refractivity contribution < 1.29 is 0 Å². The zero-order valence-corrected chi connectivity index (χ0v) is 13.0. The fraction of sp³-hybridized carbons (Fsp3) is 0.944. The molecule has 1 saturated carbocycles. The molecule has 1 aliphatic carbocycles. The maximum absolute atomic E-state index is 2.34. The molecule has 0 aliphatic heterocycles. The number of rotatable bonds is 6. The zero-order chi connectivity index (χ0) is 13.1. The van der Waals surface area contributed by atoms with E-state index in [1.807, 2.05) is 5.92 Å². The Morgan fingerprint density at radius 3 is 1.83 bits per heavy atom. The number of hydrogen-bond acceptors (Lipinski definition) is 0. The topological polar surface area (TPSA) is 0 Å². The maximum Gasteiger partial charge on any atom is -0.0241 e. The molecule has 0 heterocycles. The van der Waals surface area contributed by atoms with E-state index in [9.17, 15) is 0 Å². The van der Waals surface area contributed by atoms with Gasteiger partial charge in [0.1, 0.15) is 0 Å². The van der Waals surface area contributed by atoms with E-state index in [-0.39, 0.29) is 0 Å². The van der Waals surface area contributed by atoms with Crippen molar-refractivity contribution in [1.82, 2.24) is 0 Å². The maximum atomic E-state index is 2.34. The van der Waals surface area contributed by atoms with E-state index in [1.165, 1.54) is 89.9 Å². The van der Waals surface area contributed by atoms with Gasteiger partial charge in [-0.25, -0.2) is 0 Å². The predicted molar refractivity (Wildman–Crippen MR) is 82.7 cm³/mol. The minimum absolute atomic E-state index is 0.895. The molecule has 0 saturated heterocycles. The van der Waals surface area contributed by atoms with Crippen LogP contribution >= 0.6 is 0 Å². The highest BCUT2D eigenvalue weighted by atomic mass is 14.2. The summed E-state index contributed by atoms with van der Waals surface area (Å²) in [6, 6.07) is 0. The molecule has 1 aliphatic rings. The standard InChI is InChI=1S/C18H35/c1-17(2)13-9-8-12-16-18-14-10-6-4-3-5-7-11-15-18/h17H,3-16H2,1-2H3. The van der Waals surface area contributed by atoms with E-state index in [2.05, 4.69) is 13.8 Å². The van der Waals surface area contributed by atoms with Crippen LogP contribution in [-0.2, 0) is 0 Å². The average Bonchev–Trinajstić information content (AvgIpc) is 2.36. The summed E-state index contributed by atoms with van der Waals surface area (Å²) in [7, 11) is 0. The van der Waals surface area contributed by atoms with Gasteiger partial charge in [0.2, 0.25) is 0 Å². The van der Waals surface area contributed by atoms with Gasteiger partial charge in [-0.3, -0.25) is 0 Å². The second kappa shape index (κ2) is 10.9. The van der Waals surface area contributed by atoms with Gasteiger partial charge in [-0.05, 0) is 31.1 Å². The van der Waals surface area contributed by atoms with E-state index >= 15 is 0 Å². The lowest BCUT2D eigenvalue weighted by Crippen LogP contribution is -2.00. The Bertz CT molecular complexity index is 161. The Kier molecular flexibility index (Phi) is 9.70. The van der Waals surface area contributed by atoms with E-state index in [1.54, 1.807) is 0 Å². The second-order valence-corrected chi connectivity index (χ2v) is 6.72. The zero-order valence-electron chi connectivity index (χ0n) is 13.0. The average molecular weight is 251 g/mol. The van der Waals surface area contributed by atoms with E-state index in [0.717, 1.165) is 5.92 Å². The lowest BCUT2D eigenvalue weighted by molar-refractivity contribution is 0.481. The van der Waals surface area contributed by atoms with Crippen LogP contribution in [0.25, 0.3) is 0 Å². The van der Waals surface area contributed by atoms with Crippen LogP contribution in [0, 0.1) is 11.8 Å². The Morgan fingerprint density at radius 2 is 1.28 bits per heavy atom. The van der Waals surface area contributed by atoms with Crippen molar-refractivity contribution in [3.63, 3.8) is 0 Å². The normalized spacial score (nSPS) is 20.2. The van der Waals surface area contributed by atoms with Crippen molar-refractivity contribution in [1.29, 1.82) is 0 Å². The fourth-order valence-corrected chi connectivity index (χ4v) is 3.11. The molecule has 0 aromatic carbocycles. The first-order chi connectivity index (χ1) is 8.79. The molecule has 0 atom stereocenters. The highest BCUT2D eigenvalue weighted by molar-refractivity contribution is 4.89. The molecule has 0 heteroatoms. The minimum atomic E-state index is 0.895. The highest BCUT2D eigenvalue weighted by Gasteiger charge is 2.10. The third-order valence-electron chi connectivity index (χ3n) is 4.37. The van der Waals surface area contributed by atoms with Crippen molar-refractivity contribution in [2.75, 3.05) is 0 Å². The van der Waals surface area contributed by atoms with Gasteiger partial charge < -0.3 is 0 Å². The van der Waals surface area contributed by atoms with E-state index < -0.39 is 0 Å². The van der Waals surface area contributed by atoms with Crippen LogP contribution in [0.15, 0.2) is 0 Å². The predicted octanol–water partition coefficient (Wildman–Crippen LogP) is 6.69. The Balaban J connectivity index is 2.05. The van der Waals surface area contributed by atoms with Crippen molar-refractivity contribution in [2.24, 2.45) is 5.92 Å². The summed E-state index contributed by atoms with van der Waals surface area (Å²) in [4.78, 5) is 0. The largest absolute Gasteiger partial charge is 0.0628 e. The van der Waals surface area contributed by atoms with Crippen molar-refractivity contribution in [3.05, 3.63) is 5.92 Å². The Labute approximate surface area is 116 Å². The summed E-state index contributed by atoms with van der Waals surface area (Å²) >= 11 is 0. The molecular formula is C18H35. The lowest BCUT2D eigenvalue weighted by Gasteiger charge is -2.18. The SMILES string of the molecule is CC(C)CCCCC[C]1CCCCCCCCC1. The van der Waals surface area contributed by atoms with Crippen molar-refractivity contribution >= 4 is 0 Å². The van der Waals surface area contributed by atoms with Crippen LogP contribution in [0.3, 0.4) is 0 Å². The first-order valence-electron chi connectivity index (χ1n) is 8.62. The first kappa shape index (κ1) is 16.1. The summed E-state index contributed by atoms with van der Waals surface area (Å²) in [5.41, 5.74) is 0. The quantitative estimate of drug-likeness (QED) is 0.461. The number of unbranched alkanes of at least 4 members (excludes halogenated alkanes) is 2. The highest BCUT2D eigenvalue weighted by Crippen LogP contribution is 2.27. The fourth-order valence-electron chi connectivity index (χ4n) is 3.11. The first-order valence-corrected chi connectivity index (χ1v) is 8.62. The van der Waals surface area contributed by atoms with Crippen molar-refractivity contribution in [3.8, 4) is 0 Å². The Morgan fingerprint density at radius 1 is 0.722 bits per heavy atom. The van der Waals surface area contributed by atoms with Crippen LogP contribution in [0.5, 0.6) is 0 Å². The van der Waals surface area contributed by atoms with Gasteiger partial charge in [-0.2, -0.15) is 0 Å². The molecule has 107 valence electrons.